The molecule has 1 amide bonds. The first-order chi connectivity index (χ1) is 8.54. The van der Waals surface area contributed by atoms with Crippen LogP contribution in [0.4, 0.5) is 14.9 Å². The number of rotatable bonds is 1. The number of halogens is 1. The highest BCUT2D eigenvalue weighted by Gasteiger charge is 2.30. The van der Waals surface area contributed by atoms with Gasteiger partial charge in [0, 0.05) is 6.54 Å². The van der Waals surface area contributed by atoms with Gasteiger partial charge in [-0.1, -0.05) is 6.07 Å². The number of amides is 1. The van der Waals surface area contributed by atoms with Gasteiger partial charge in [0.05, 0.1) is 24.1 Å². The Bertz CT molecular complexity index is 518. The highest BCUT2D eigenvalue weighted by molar-refractivity contribution is 5.68. The number of carbonyl (C=O) groups is 1. The van der Waals surface area contributed by atoms with Crippen molar-refractivity contribution in [2.75, 3.05) is 13.7 Å². The van der Waals surface area contributed by atoms with Gasteiger partial charge in [0.25, 0.3) is 0 Å². The molecule has 1 aliphatic rings. The summed E-state index contributed by atoms with van der Waals surface area (Å²) in [4.78, 5) is 22.8. The molecular weight excluding hydrogens is 243 g/mol. The lowest BCUT2D eigenvalue weighted by Gasteiger charge is -2.27. The minimum Gasteiger partial charge on any atom is -0.453 e. The van der Waals surface area contributed by atoms with Gasteiger partial charge in [0.15, 0.2) is 0 Å². The monoisotopic (exact) mass is 254 g/mol. The van der Waals surface area contributed by atoms with Crippen LogP contribution in [0, 0.1) is 15.9 Å². The van der Waals surface area contributed by atoms with Crippen LogP contribution >= 0.6 is 0 Å². The Morgan fingerprint density at radius 3 is 2.89 bits per heavy atom. The molecule has 2 rings (SSSR count). The van der Waals surface area contributed by atoms with E-state index in [0.717, 1.165) is 6.07 Å². The largest absolute Gasteiger partial charge is 0.453 e. The number of methoxy groups -OCH3 is 1. The first-order valence-electron chi connectivity index (χ1n) is 5.32. The summed E-state index contributed by atoms with van der Waals surface area (Å²) >= 11 is 0. The Kier molecular flexibility index (Phi) is 3.14. The normalized spacial score (nSPS) is 14.0. The van der Waals surface area contributed by atoms with Gasteiger partial charge in [0.2, 0.25) is 5.82 Å². The van der Waals surface area contributed by atoms with Crippen LogP contribution in [0.3, 0.4) is 0 Å². The van der Waals surface area contributed by atoms with Crippen molar-refractivity contribution in [2.24, 2.45) is 0 Å². The zero-order valence-corrected chi connectivity index (χ0v) is 9.68. The van der Waals surface area contributed by atoms with Crippen LogP contribution < -0.4 is 0 Å². The molecular formula is C11H11FN2O4. The summed E-state index contributed by atoms with van der Waals surface area (Å²) in [5, 5.41) is 10.9. The predicted molar refractivity (Wildman–Crippen MR) is 59.6 cm³/mol. The Morgan fingerprint density at radius 1 is 1.56 bits per heavy atom. The number of nitrogens with zero attached hydrogens (tertiary/aromatic N) is 2. The van der Waals surface area contributed by atoms with Gasteiger partial charge < -0.3 is 9.64 Å². The molecule has 0 fully saturated rings. The van der Waals surface area contributed by atoms with Crippen molar-refractivity contribution < 1.29 is 18.8 Å². The number of benzene rings is 1. The molecule has 7 heteroatoms. The van der Waals surface area contributed by atoms with Crippen molar-refractivity contribution >= 4 is 11.8 Å². The predicted octanol–water partition coefficient (Wildman–Crippen LogP) is 1.86. The molecule has 1 aromatic carbocycles. The lowest BCUT2D eigenvalue weighted by atomic mass is 9.98. The fourth-order valence-electron chi connectivity index (χ4n) is 2.07. The first-order valence-corrected chi connectivity index (χ1v) is 5.32. The Labute approximate surface area is 102 Å². The fraction of sp³-hybridized carbons (Fsp3) is 0.364. The SMILES string of the molecule is COC(=O)N1CCc2ccc(F)c([N+](=O)[O-])c2C1. The molecule has 0 radical (unpaired) electrons. The maximum absolute atomic E-state index is 13.5. The molecule has 6 nitrogen and oxygen atoms in total. The second-order valence-corrected chi connectivity index (χ2v) is 3.93. The minimum atomic E-state index is -0.884. The van der Waals surface area contributed by atoms with Crippen LogP contribution in [-0.2, 0) is 17.7 Å². The summed E-state index contributed by atoms with van der Waals surface area (Å²) in [6.45, 7) is 0.401. The topological polar surface area (TPSA) is 72.7 Å². The molecule has 18 heavy (non-hydrogen) atoms. The average molecular weight is 254 g/mol. The molecule has 96 valence electrons. The van der Waals surface area contributed by atoms with E-state index in [4.69, 9.17) is 0 Å². The molecule has 1 heterocycles. The van der Waals surface area contributed by atoms with E-state index in [1.54, 1.807) is 0 Å². The summed E-state index contributed by atoms with van der Waals surface area (Å²) < 4.78 is 18.0. The van der Waals surface area contributed by atoms with Gasteiger partial charge in [-0.25, -0.2) is 4.79 Å². The van der Waals surface area contributed by atoms with Gasteiger partial charge >= 0.3 is 11.8 Å². The third kappa shape index (κ3) is 1.99. The fourth-order valence-corrected chi connectivity index (χ4v) is 2.07. The van der Waals surface area contributed by atoms with E-state index in [1.165, 1.54) is 18.1 Å². The maximum atomic E-state index is 13.5. The van der Waals surface area contributed by atoms with E-state index >= 15 is 0 Å². The van der Waals surface area contributed by atoms with Gasteiger partial charge in [0.1, 0.15) is 0 Å². The zero-order valence-electron chi connectivity index (χ0n) is 9.68. The van der Waals surface area contributed by atoms with Gasteiger partial charge in [-0.15, -0.1) is 0 Å². The molecule has 1 aromatic rings. The number of carbonyl (C=O) groups excluding carboxylic acids is 1. The third-order valence-electron chi connectivity index (χ3n) is 2.95. The van der Waals surface area contributed by atoms with Crippen LogP contribution in [0.25, 0.3) is 0 Å². The van der Waals surface area contributed by atoms with Crippen LogP contribution in [0.2, 0.25) is 0 Å². The number of hydrogen-bond donors (Lipinski definition) is 0. The molecule has 1 aliphatic heterocycles. The van der Waals surface area contributed by atoms with E-state index in [2.05, 4.69) is 4.74 Å². The van der Waals surface area contributed by atoms with E-state index in [9.17, 15) is 19.3 Å². The van der Waals surface area contributed by atoms with E-state index in [0.29, 0.717) is 18.5 Å². The first kappa shape index (κ1) is 12.3. The molecule has 0 atom stereocenters. The summed E-state index contributed by atoms with van der Waals surface area (Å²) in [6, 6.07) is 2.61. The summed E-state index contributed by atoms with van der Waals surface area (Å²) in [5.41, 5.74) is 0.390. The Balaban J connectivity index is 2.43. The van der Waals surface area contributed by atoms with E-state index < -0.39 is 22.5 Å². The third-order valence-corrected chi connectivity index (χ3v) is 2.95. The molecule has 0 spiro atoms. The van der Waals surface area contributed by atoms with Crippen molar-refractivity contribution in [1.82, 2.24) is 4.90 Å². The average Bonchev–Trinajstić information content (AvgIpc) is 2.36. The molecule has 0 aliphatic carbocycles. The van der Waals surface area contributed by atoms with E-state index in [1.807, 2.05) is 0 Å². The minimum absolute atomic E-state index is 0.00389. The number of nitro groups is 1. The molecule has 0 bridgehead atoms. The zero-order chi connectivity index (χ0) is 13.3. The molecule has 0 aromatic heterocycles. The van der Waals surface area contributed by atoms with Gasteiger partial charge in [-0.05, 0) is 18.1 Å². The number of nitro benzene ring substituents is 1. The Morgan fingerprint density at radius 2 is 2.28 bits per heavy atom. The van der Waals surface area contributed by atoms with E-state index in [-0.39, 0.29) is 12.1 Å². The summed E-state index contributed by atoms with van der Waals surface area (Å²) in [7, 11) is 1.23. The van der Waals surface area contributed by atoms with Crippen LogP contribution in [0.15, 0.2) is 12.1 Å². The number of ether oxygens (including phenoxy) is 1. The van der Waals surface area contributed by atoms with Crippen molar-refractivity contribution in [3.8, 4) is 0 Å². The van der Waals surface area contributed by atoms with Crippen molar-refractivity contribution in [3.05, 3.63) is 39.2 Å². The van der Waals surface area contributed by atoms with Crippen molar-refractivity contribution in [3.63, 3.8) is 0 Å². The van der Waals surface area contributed by atoms with Crippen molar-refractivity contribution in [1.29, 1.82) is 0 Å². The maximum Gasteiger partial charge on any atom is 0.409 e. The van der Waals surface area contributed by atoms with Gasteiger partial charge in [-0.3, -0.25) is 10.1 Å². The lowest BCUT2D eigenvalue weighted by molar-refractivity contribution is -0.388. The summed E-state index contributed by atoms with van der Waals surface area (Å²) in [5.74, 6) is -0.884. The number of hydrogen-bond acceptors (Lipinski definition) is 4. The van der Waals surface area contributed by atoms with Gasteiger partial charge in [-0.2, -0.15) is 4.39 Å². The Hall–Kier alpha value is -2.18. The number of fused-ring (bicyclic) bond motifs is 1. The summed E-state index contributed by atoms with van der Waals surface area (Å²) in [6.07, 6.45) is -0.120. The van der Waals surface area contributed by atoms with Crippen molar-refractivity contribution in [2.45, 2.75) is 13.0 Å². The highest BCUT2D eigenvalue weighted by atomic mass is 19.1. The van der Waals surface area contributed by atoms with Crippen LogP contribution in [0.5, 0.6) is 0 Å². The molecule has 0 unspecified atom stereocenters. The molecule has 0 saturated carbocycles. The standard InChI is InChI=1S/C11H11FN2O4/c1-18-11(15)13-5-4-7-2-3-9(12)10(14(16)17)8(7)6-13/h2-3H,4-6H2,1H3. The van der Waals surface area contributed by atoms with Crippen LogP contribution in [-0.4, -0.2) is 29.6 Å². The molecule has 0 N–H and O–H groups in total. The quantitative estimate of drug-likeness (QED) is 0.566. The van der Waals surface area contributed by atoms with Crippen LogP contribution in [0.1, 0.15) is 11.1 Å². The second kappa shape index (κ2) is 4.59. The smallest absolute Gasteiger partial charge is 0.409 e. The highest BCUT2D eigenvalue weighted by Crippen LogP contribution is 2.30. The second-order valence-electron chi connectivity index (χ2n) is 3.93. The lowest BCUT2D eigenvalue weighted by Crippen LogP contribution is -2.36. The molecule has 0 saturated heterocycles.